The molecule has 0 amide bonds. The van der Waals surface area contributed by atoms with E-state index in [-0.39, 0.29) is 6.54 Å². The van der Waals surface area contributed by atoms with Crippen LogP contribution in [0.15, 0.2) is 40.6 Å². The molecule has 1 rings (SSSR count). The third kappa shape index (κ3) is 3.28. The van der Waals surface area contributed by atoms with Gasteiger partial charge in [-0.05, 0) is 29.7 Å². The van der Waals surface area contributed by atoms with E-state index in [1.165, 1.54) is 0 Å². The largest absolute Gasteiger partial charge is 0.327 e. The summed E-state index contributed by atoms with van der Waals surface area (Å²) in [5, 5.41) is 0. The first-order valence-corrected chi connectivity index (χ1v) is 4.78. The maximum absolute atomic E-state index is 12.2. The molecule has 0 bridgehead atoms. The Balaban J connectivity index is 2.74. The summed E-state index contributed by atoms with van der Waals surface area (Å²) in [7, 11) is 0. The van der Waals surface area contributed by atoms with E-state index in [9.17, 15) is 4.39 Å². The molecule has 1 nitrogen and oxygen atoms in total. The first-order valence-electron chi connectivity index (χ1n) is 3.99. The van der Waals surface area contributed by atoms with Crippen molar-refractivity contribution >= 4 is 15.9 Å². The zero-order valence-corrected chi connectivity index (χ0v) is 8.72. The summed E-state index contributed by atoms with van der Waals surface area (Å²) in [4.78, 5) is 0. The molecule has 0 aliphatic rings. The quantitative estimate of drug-likeness (QED) is 0.869. The lowest BCUT2D eigenvalue weighted by Gasteiger charge is -2.02. The summed E-state index contributed by atoms with van der Waals surface area (Å²) in [6.45, 7) is 0.267. The van der Waals surface area contributed by atoms with Gasteiger partial charge >= 0.3 is 0 Å². The van der Waals surface area contributed by atoms with Gasteiger partial charge in [0.2, 0.25) is 0 Å². The monoisotopic (exact) mass is 243 g/mol. The van der Waals surface area contributed by atoms with E-state index < -0.39 is 0 Å². The molecule has 0 aliphatic heterocycles. The maximum Gasteiger partial charge on any atom is 0.0875 e. The third-order valence-corrected chi connectivity index (χ3v) is 2.23. The molecule has 0 aromatic heterocycles. The summed E-state index contributed by atoms with van der Waals surface area (Å²) in [6.07, 6.45) is 1.16. The summed E-state index contributed by atoms with van der Waals surface area (Å²) in [5.74, 6) is 0. The molecule has 0 heterocycles. The van der Waals surface area contributed by atoms with E-state index in [0.29, 0.717) is 18.3 Å². The standard InChI is InChI=1S/C10H11BrFN/c11-10-3-1-2-8(5-10)4-9(6-12)7-13/h1-3,5-6H,4,7,13H2. The predicted molar refractivity (Wildman–Crippen MR) is 56.1 cm³/mol. The smallest absolute Gasteiger partial charge is 0.0875 e. The van der Waals surface area contributed by atoms with Gasteiger partial charge in [-0.25, -0.2) is 4.39 Å². The van der Waals surface area contributed by atoms with Gasteiger partial charge in [-0.2, -0.15) is 0 Å². The summed E-state index contributed by atoms with van der Waals surface area (Å²) >= 11 is 3.35. The molecule has 0 atom stereocenters. The van der Waals surface area contributed by atoms with Gasteiger partial charge in [0.1, 0.15) is 0 Å². The van der Waals surface area contributed by atoms with Crippen LogP contribution in [0.1, 0.15) is 5.56 Å². The molecule has 0 unspecified atom stereocenters. The molecule has 13 heavy (non-hydrogen) atoms. The van der Waals surface area contributed by atoms with Gasteiger partial charge in [0, 0.05) is 11.0 Å². The average molecular weight is 244 g/mol. The zero-order chi connectivity index (χ0) is 9.68. The highest BCUT2D eigenvalue weighted by atomic mass is 79.9. The molecule has 0 fully saturated rings. The fourth-order valence-corrected chi connectivity index (χ4v) is 1.51. The van der Waals surface area contributed by atoms with Gasteiger partial charge in [-0.3, -0.25) is 0 Å². The van der Waals surface area contributed by atoms with Crippen molar-refractivity contribution in [1.82, 2.24) is 0 Å². The van der Waals surface area contributed by atoms with E-state index in [0.717, 1.165) is 10.0 Å². The van der Waals surface area contributed by atoms with Crippen LogP contribution < -0.4 is 5.73 Å². The number of nitrogens with two attached hydrogens (primary N) is 1. The Bertz CT molecular complexity index is 310. The summed E-state index contributed by atoms with van der Waals surface area (Å²) in [5.41, 5.74) is 7.02. The Hall–Kier alpha value is -0.670. The molecule has 0 saturated heterocycles. The Morgan fingerprint density at radius 1 is 1.54 bits per heavy atom. The van der Waals surface area contributed by atoms with E-state index in [4.69, 9.17) is 5.73 Å². The maximum atomic E-state index is 12.2. The fourth-order valence-electron chi connectivity index (χ4n) is 1.06. The van der Waals surface area contributed by atoms with Crippen LogP contribution in [-0.4, -0.2) is 6.54 Å². The van der Waals surface area contributed by atoms with Crippen LogP contribution in [0.2, 0.25) is 0 Å². The molecule has 2 N–H and O–H groups in total. The van der Waals surface area contributed by atoms with E-state index >= 15 is 0 Å². The van der Waals surface area contributed by atoms with Crippen molar-refractivity contribution in [2.45, 2.75) is 6.42 Å². The molecule has 1 aromatic rings. The molecule has 0 radical (unpaired) electrons. The highest BCUT2D eigenvalue weighted by Gasteiger charge is 1.98. The van der Waals surface area contributed by atoms with Crippen molar-refractivity contribution < 1.29 is 4.39 Å². The van der Waals surface area contributed by atoms with Crippen LogP contribution in [0.5, 0.6) is 0 Å². The van der Waals surface area contributed by atoms with Crippen LogP contribution >= 0.6 is 15.9 Å². The van der Waals surface area contributed by atoms with E-state index in [1.54, 1.807) is 0 Å². The number of rotatable bonds is 3. The average Bonchev–Trinajstić information content (AvgIpc) is 2.14. The van der Waals surface area contributed by atoms with Crippen molar-refractivity contribution in [2.24, 2.45) is 5.73 Å². The highest BCUT2D eigenvalue weighted by molar-refractivity contribution is 9.10. The second kappa shape index (κ2) is 5.14. The van der Waals surface area contributed by atoms with Crippen LogP contribution in [0.4, 0.5) is 4.39 Å². The SMILES string of the molecule is NCC(=CF)Cc1cccc(Br)c1. The lowest BCUT2D eigenvalue weighted by atomic mass is 10.1. The molecule has 3 heteroatoms. The third-order valence-electron chi connectivity index (χ3n) is 1.74. The first kappa shape index (κ1) is 10.4. The minimum Gasteiger partial charge on any atom is -0.327 e. The first-order chi connectivity index (χ1) is 6.26. The van der Waals surface area contributed by atoms with Crippen molar-refractivity contribution in [3.63, 3.8) is 0 Å². The van der Waals surface area contributed by atoms with Crippen LogP contribution in [0.3, 0.4) is 0 Å². The number of hydrogen-bond acceptors (Lipinski definition) is 1. The van der Waals surface area contributed by atoms with E-state index in [1.807, 2.05) is 24.3 Å². The minimum absolute atomic E-state index is 0.267. The Morgan fingerprint density at radius 2 is 2.31 bits per heavy atom. The molecule has 0 spiro atoms. The lowest BCUT2D eigenvalue weighted by Crippen LogP contribution is -2.05. The zero-order valence-electron chi connectivity index (χ0n) is 7.13. The number of benzene rings is 1. The second-order valence-corrected chi connectivity index (χ2v) is 3.69. The van der Waals surface area contributed by atoms with Gasteiger partial charge < -0.3 is 5.73 Å². The van der Waals surface area contributed by atoms with Crippen LogP contribution in [-0.2, 0) is 6.42 Å². The Kier molecular flexibility index (Phi) is 4.12. The van der Waals surface area contributed by atoms with Crippen molar-refractivity contribution in [3.8, 4) is 0 Å². The molecule has 1 aromatic carbocycles. The molecule has 0 aliphatic carbocycles. The van der Waals surface area contributed by atoms with Gasteiger partial charge in [0.15, 0.2) is 0 Å². The van der Waals surface area contributed by atoms with Crippen LogP contribution in [0, 0.1) is 0 Å². The Labute approximate surface area is 85.6 Å². The van der Waals surface area contributed by atoms with Gasteiger partial charge in [0.05, 0.1) is 6.33 Å². The van der Waals surface area contributed by atoms with Gasteiger partial charge in [-0.15, -0.1) is 0 Å². The van der Waals surface area contributed by atoms with Crippen molar-refractivity contribution in [3.05, 3.63) is 46.2 Å². The molecular weight excluding hydrogens is 233 g/mol. The summed E-state index contributed by atoms with van der Waals surface area (Å²) < 4.78 is 13.2. The normalized spacial score (nSPS) is 11.8. The number of hydrogen-bond donors (Lipinski definition) is 1. The molecular formula is C10H11BrFN. The highest BCUT2D eigenvalue weighted by Crippen LogP contribution is 2.14. The van der Waals surface area contributed by atoms with Gasteiger partial charge in [-0.1, -0.05) is 28.1 Å². The topological polar surface area (TPSA) is 26.0 Å². The minimum atomic E-state index is 0.267. The summed E-state index contributed by atoms with van der Waals surface area (Å²) in [6, 6.07) is 7.76. The lowest BCUT2D eigenvalue weighted by molar-refractivity contribution is 0.699. The van der Waals surface area contributed by atoms with Gasteiger partial charge in [0.25, 0.3) is 0 Å². The Morgan fingerprint density at radius 3 is 2.85 bits per heavy atom. The molecule has 0 saturated carbocycles. The van der Waals surface area contributed by atoms with Crippen LogP contribution in [0.25, 0.3) is 0 Å². The second-order valence-electron chi connectivity index (χ2n) is 2.78. The predicted octanol–water partition coefficient (Wildman–Crippen LogP) is 2.80. The number of halogens is 2. The fraction of sp³-hybridized carbons (Fsp3) is 0.200. The van der Waals surface area contributed by atoms with Crippen molar-refractivity contribution in [1.29, 1.82) is 0 Å². The van der Waals surface area contributed by atoms with Crippen molar-refractivity contribution in [2.75, 3.05) is 6.54 Å². The molecule has 70 valence electrons. The van der Waals surface area contributed by atoms with E-state index in [2.05, 4.69) is 15.9 Å².